The second-order valence-electron chi connectivity index (χ2n) is 7.43. The molecular formula is C24H27N3O2. The van der Waals surface area contributed by atoms with E-state index in [2.05, 4.69) is 29.3 Å². The van der Waals surface area contributed by atoms with Gasteiger partial charge in [-0.3, -0.25) is 4.79 Å². The minimum atomic E-state index is -0.182. The van der Waals surface area contributed by atoms with Gasteiger partial charge in [0.2, 0.25) is 0 Å². The van der Waals surface area contributed by atoms with E-state index in [0.717, 1.165) is 41.9 Å². The molecule has 1 fully saturated rings. The predicted molar refractivity (Wildman–Crippen MR) is 118 cm³/mol. The number of pyridine rings is 1. The fourth-order valence-corrected chi connectivity index (χ4v) is 3.69. The molecule has 0 aliphatic carbocycles. The first-order chi connectivity index (χ1) is 14.2. The molecule has 1 aliphatic rings. The van der Waals surface area contributed by atoms with Crippen molar-refractivity contribution in [2.24, 2.45) is 0 Å². The van der Waals surface area contributed by atoms with Crippen molar-refractivity contribution in [1.29, 1.82) is 0 Å². The first-order valence-electron chi connectivity index (χ1n) is 10.4. The Morgan fingerprint density at radius 3 is 2.59 bits per heavy atom. The minimum absolute atomic E-state index is 0.0513. The lowest BCUT2D eigenvalue weighted by atomic mass is 10.1. The third-order valence-electron chi connectivity index (χ3n) is 5.35. The van der Waals surface area contributed by atoms with E-state index in [9.17, 15) is 4.79 Å². The van der Waals surface area contributed by atoms with Crippen molar-refractivity contribution in [2.45, 2.75) is 32.6 Å². The van der Waals surface area contributed by atoms with Gasteiger partial charge >= 0.3 is 0 Å². The molecule has 1 N–H and O–H groups in total. The van der Waals surface area contributed by atoms with Crippen molar-refractivity contribution in [1.82, 2.24) is 4.98 Å². The summed E-state index contributed by atoms with van der Waals surface area (Å²) in [6.07, 6.45) is 4.67. The summed E-state index contributed by atoms with van der Waals surface area (Å²) in [4.78, 5) is 19.5. The molecule has 150 valence electrons. The number of carbonyl (C=O) groups excluding carboxylic acids is 1. The molecule has 1 aliphatic heterocycles. The number of piperidine rings is 1. The Morgan fingerprint density at radius 2 is 1.83 bits per heavy atom. The number of rotatable bonds is 6. The van der Waals surface area contributed by atoms with Crippen LogP contribution in [0, 0.1) is 0 Å². The number of benzene rings is 2. The summed E-state index contributed by atoms with van der Waals surface area (Å²) >= 11 is 0. The summed E-state index contributed by atoms with van der Waals surface area (Å²) in [6, 6.07) is 17.9. The van der Waals surface area contributed by atoms with Gasteiger partial charge in [0.05, 0.1) is 0 Å². The van der Waals surface area contributed by atoms with E-state index in [-0.39, 0.29) is 12.5 Å². The number of fused-ring (bicyclic) bond motifs is 1. The first-order valence-corrected chi connectivity index (χ1v) is 10.4. The van der Waals surface area contributed by atoms with Crippen LogP contribution in [0.4, 0.5) is 11.5 Å². The highest BCUT2D eigenvalue weighted by Crippen LogP contribution is 2.27. The van der Waals surface area contributed by atoms with Gasteiger partial charge in [-0.25, -0.2) is 4.98 Å². The molecule has 5 nitrogen and oxygen atoms in total. The van der Waals surface area contributed by atoms with Gasteiger partial charge in [0.1, 0.15) is 17.1 Å². The van der Waals surface area contributed by atoms with E-state index in [1.807, 2.05) is 42.5 Å². The molecule has 5 heteroatoms. The van der Waals surface area contributed by atoms with Crippen molar-refractivity contribution in [3.05, 3.63) is 60.2 Å². The zero-order valence-corrected chi connectivity index (χ0v) is 16.9. The van der Waals surface area contributed by atoms with Crippen LogP contribution in [0.15, 0.2) is 54.6 Å². The molecule has 0 radical (unpaired) electrons. The molecule has 0 atom stereocenters. The largest absolute Gasteiger partial charge is 0.481 e. The maximum atomic E-state index is 12.3. The molecule has 2 aromatic carbocycles. The summed E-state index contributed by atoms with van der Waals surface area (Å²) < 4.78 is 5.85. The van der Waals surface area contributed by atoms with Crippen LogP contribution in [-0.2, 0) is 11.2 Å². The second-order valence-corrected chi connectivity index (χ2v) is 7.43. The molecule has 1 saturated heterocycles. The molecule has 2 heterocycles. The Morgan fingerprint density at radius 1 is 1.03 bits per heavy atom. The molecule has 0 saturated carbocycles. The lowest BCUT2D eigenvalue weighted by molar-refractivity contribution is -0.118. The van der Waals surface area contributed by atoms with Crippen LogP contribution in [0.3, 0.4) is 0 Å². The van der Waals surface area contributed by atoms with Crippen molar-refractivity contribution in [2.75, 3.05) is 29.9 Å². The number of amides is 1. The number of hydrogen-bond donors (Lipinski definition) is 1. The molecule has 1 aromatic heterocycles. The average molecular weight is 389 g/mol. The van der Waals surface area contributed by atoms with Crippen LogP contribution in [0.1, 0.15) is 31.7 Å². The lowest BCUT2D eigenvalue weighted by Crippen LogP contribution is -2.30. The highest BCUT2D eigenvalue weighted by Gasteiger charge is 2.14. The molecule has 3 aromatic rings. The summed E-state index contributed by atoms with van der Waals surface area (Å²) in [7, 11) is 0. The molecular weight excluding hydrogens is 362 g/mol. The molecule has 0 bridgehead atoms. The van der Waals surface area contributed by atoms with Crippen LogP contribution < -0.4 is 15.0 Å². The third kappa shape index (κ3) is 4.67. The smallest absolute Gasteiger partial charge is 0.262 e. The van der Waals surface area contributed by atoms with Gasteiger partial charge < -0.3 is 15.0 Å². The lowest BCUT2D eigenvalue weighted by Gasteiger charge is -2.28. The van der Waals surface area contributed by atoms with Crippen LogP contribution in [0.2, 0.25) is 0 Å². The fourth-order valence-electron chi connectivity index (χ4n) is 3.69. The second kappa shape index (κ2) is 8.95. The van der Waals surface area contributed by atoms with Crippen LogP contribution in [0.5, 0.6) is 5.75 Å². The normalized spacial score (nSPS) is 14.0. The Labute approximate surface area is 171 Å². The molecule has 1 amide bonds. The number of carbonyl (C=O) groups is 1. The summed E-state index contributed by atoms with van der Waals surface area (Å²) in [5, 5.41) is 3.89. The number of nitrogens with zero attached hydrogens (tertiary/aromatic N) is 2. The maximum absolute atomic E-state index is 12.3. The van der Waals surface area contributed by atoms with Crippen molar-refractivity contribution in [3.63, 3.8) is 0 Å². The summed E-state index contributed by atoms with van der Waals surface area (Å²) in [5.74, 6) is 1.44. The average Bonchev–Trinajstić information content (AvgIpc) is 2.78. The fraction of sp³-hybridized carbons (Fsp3) is 0.333. The quantitative estimate of drug-likeness (QED) is 0.658. The Hall–Kier alpha value is -3.08. The maximum Gasteiger partial charge on any atom is 0.262 e. The monoisotopic (exact) mass is 389 g/mol. The highest BCUT2D eigenvalue weighted by molar-refractivity contribution is 5.92. The van der Waals surface area contributed by atoms with Gasteiger partial charge in [-0.15, -0.1) is 0 Å². The SMILES string of the molecule is CCc1ccc(NC(=O)COc2cccc3ccc(N4CCCCC4)nc23)cc1. The van der Waals surface area contributed by atoms with E-state index < -0.39 is 0 Å². The standard InChI is InChI=1S/C24H27N3O2/c1-2-18-9-12-20(13-10-18)25-23(28)17-29-21-8-6-7-19-11-14-22(26-24(19)21)27-15-4-3-5-16-27/h6-14H,2-5,15-17H2,1H3,(H,25,28). The number of ether oxygens (including phenoxy) is 1. The number of aryl methyl sites for hydroxylation is 1. The van der Waals surface area contributed by atoms with Gasteiger partial charge in [0.25, 0.3) is 5.91 Å². The topological polar surface area (TPSA) is 54.5 Å². The van der Waals surface area contributed by atoms with E-state index in [0.29, 0.717) is 5.75 Å². The molecule has 4 rings (SSSR count). The van der Waals surface area contributed by atoms with Gasteiger partial charge in [0, 0.05) is 24.2 Å². The van der Waals surface area contributed by atoms with Crippen LogP contribution in [-0.4, -0.2) is 30.6 Å². The zero-order valence-electron chi connectivity index (χ0n) is 16.9. The number of hydrogen-bond acceptors (Lipinski definition) is 4. The molecule has 0 spiro atoms. The van der Waals surface area contributed by atoms with Crippen molar-refractivity contribution < 1.29 is 9.53 Å². The Kier molecular flexibility index (Phi) is 5.94. The van der Waals surface area contributed by atoms with E-state index >= 15 is 0 Å². The predicted octanol–water partition coefficient (Wildman–Crippen LogP) is 4.81. The van der Waals surface area contributed by atoms with Crippen LogP contribution >= 0.6 is 0 Å². The third-order valence-corrected chi connectivity index (χ3v) is 5.35. The number of anilines is 2. The minimum Gasteiger partial charge on any atom is -0.481 e. The van der Waals surface area contributed by atoms with E-state index in [4.69, 9.17) is 9.72 Å². The van der Waals surface area contributed by atoms with Crippen molar-refractivity contribution >= 4 is 28.3 Å². The number of aromatic nitrogens is 1. The number of nitrogens with one attached hydrogen (secondary N) is 1. The Balaban J connectivity index is 1.45. The molecule has 0 unspecified atom stereocenters. The zero-order chi connectivity index (χ0) is 20.1. The Bertz CT molecular complexity index is 979. The van der Waals surface area contributed by atoms with Gasteiger partial charge in [-0.05, 0) is 61.6 Å². The van der Waals surface area contributed by atoms with Crippen LogP contribution in [0.25, 0.3) is 10.9 Å². The first kappa shape index (κ1) is 19.2. The van der Waals surface area contributed by atoms with Gasteiger partial charge in [-0.2, -0.15) is 0 Å². The van der Waals surface area contributed by atoms with Gasteiger partial charge in [-0.1, -0.05) is 31.2 Å². The van der Waals surface area contributed by atoms with Gasteiger partial charge in [0.15, 0.2) is 6.61 Å². The van der Waals surface area contributed by atoms with Crippen molar-refractivity contribution in [3.8, 4) is 5.75 Å². The molecule has 29 heavy (non-hydrogen) atoms. The summed E-state index contributed by atoms with van der Waals surface area (Å²) in [5.41, 5.74) is 2.82. The van der Waals surface area contributed by atoms with E-state index in [1.54, 1.807) is 0 Å². The van der Waals surface area contributed by atoms with E-state index in [1.165, 1.54) is 24.8 Å². The number of para-hydroxylation sites is 1. The summed E-state index contributed by atoms with van der Waals surface area (Å²) in [6.45, 7) is 4.14. The highest BCUT2D eigenvalue weighted by atomic mass is 16.5.